The summed E-state index contributed by atoms with van der Waals surface area (Å²) in [6, 6.07) is 5.70. The molecule has 1 amide bonds. The van der Waals surface area contributed by atoms with E-state index in [2.05, 4.69) is 5.32 Å². The van der Waals surface area contributed by atoms with Gasteiger partial charge in [-0.25, -0.2) is 0 Å². The molecule has 20 heavy (non-hydrogen) atoms. The van der Waals surface area contributed by atoms with Crippen molar-refractivity contribution in [2.45, 2.75) is 32.6 Å². The van der Waals surface area contributed by atoms with E-state index in [1.54, 1.807) is 7.11 Å². The van der Waals surface area contributed by atoms with Crippen LogP contribution in [0.15, 0.2) is 18.2 Å². The molecule has 1 aromatic rings. The molecule has 0 heterocycles. The van der Waals surface area contributed by atoms with Gasteiger partial charge in [0, 0.05) is 11.6 Å². The second-order valence-corrected chi connectivity index (χ2v) is 5.62. The second-order valence-electron chi connectivity index (χ2n) is 5.62. The molecule has 0 aromatic heterocycles. The maximum Gasteiger partial charge on any atom is 0.227 e. The number of aryl methyl sites for hydroxylation is 1. The van der Waals surface area contributed by atoms with Crippen molar-refractivity contribution >= 4 is 11.6 Å². The minimum absolute atomic E-state index is 0.124. The van der Waals surface area contributed by atoms with Gasteiger partial charge >= 0.3 is 0 Å². The summed E-state index contributed by atoms with van der Waals surface area (Å²) < 4.78 is 5.17. The Morgan fingerprint density at radius 3 is 2.60 bits per heavy atom. The van der Waals surface area contributed by atoms with E-state index in [0.717, 1.165) is 49.2 Å². The van der Waals surface area contributed by atoms with Crippen molar-refractivity contribution in [2.24, 2.45) is 17.6 Å². The molecule has 0 aliphatic heterocycles. The van der Waals surface area contributed by atoms with E-state index in [1.807, 2.05) is 25.1 Å². The molecule has 110 valence electrons. The molecule has 1 aliphatic carbocycles. The third kappa shape index (κ3) is 3.51. The Labute approximate surface area is 120 Å². The molecule has 1 aromatic carbocycles. The van der Waals surface area contributed by atoms with Gasteiger partial charge in [-0.1, -0.05) is 0 Å². The summed E-state index contributed by atoms with van der Waals surface area (Å²) in [5.41, 5.74) is 7.58. The highest BCUT2D eigenvalue weighted by Crippen LogP contribution is 2.29. The molecule has 1 fully saturated rings. The fourth-order valence-corrected chi connectivity index (χ4v) is 2.80. The average molecular weight is 276 g/mol. The lowest BCUT2D eigenvalue weighted by Gasteiger charge is -2.27. The smallest absolute Gasteiger partial charge is 0.227 e. The number of rotatable bonds is 4. The number of benzene rings is 1. The van der Waals surface area contributed by atoms with E-state index >= 15 is 0 Å². The minimum atomic E-state index is 0.124. The maximum absolute atomic E-state index is 12.3. The lowest BCUT2D eigenvalue weighted by Crippen LogP contribution is -2.29. The van der Waals surface area contributed by atoms with E-state index in [0.29, 0.717) is 5.92 Å². The van der Waals surface area contributed by atoms with Gasteiger partial charge in [0.1, 0.15) is 5.75 Å². The third-order valence-electron chi connectivity index (χ3n) is 4.24. The predicted molar refractivity (Wildman–Crippen MR) is 80.9 cm³/mol. The standard InChI is InChI=1S/C16H24N2O2/c1-11-9-14(20-2)7-8-15(11)18-16(19)13-5-3-12(10-17)4-6-13/h7-9,12-13H,3-6,10,17H2,1-2H3,(H,18,19). The number of hydrogen-bond donors (Lipinski definition) is 2. The minimum Gasteiger partial charge on any atom is -0.497 e. The van der Waals surface area contributed by atoms with Gasteiger partial charge in [0.25, 0.3) is 0 Å². The molecule has 2 rings (SSSR count). The van der Waals surface area contributed by atoms with Gasteiger partial charge in [-0.3, -0.25) is 4.79 Å². The molecule has 4 heteroatoms. The Morgan fingerprint density at radius 1 is 1.35 bits per heavy atom. The molecule has 3 N–H and O–H groups in total. The van der Waals surface area contributed by atoms with Crippen molar-refractivity contribution in [3.05, 3.63) is 23.8 Å². The largest absolute Gasteiger partial charge is 0.497 e. The van der Waals surface area contributed by atoms with Crippen LogP contribution in [0.2, 0.25) is 0 Å². The summed E-state index contributed by atoms with van der Waals surface area (Å²) in [4.78, 5) is 12.3. The fraction of sp³-hybridized carbons (Fsp3) is 0.562. The van der Waals surface area contributed by atoms with Gasteiger partial charge < -0.3 is 15.8 Å². The van der Waals surface area contributed by atoms with Crippen LogP contribution in [0.1, 0.15) is 31.2 Å². The van der Waals surface area contributed by atoms with Crippen molar-refractivity contribution < 1.29 is 9.53 Å². The number of hydrogen-bond acceptors (Lipinski definition) is 3. The highest BCUT2D eigenvalue weighted by atomic mass is 16.5. The van der Waals surface area contributed by atoms with Crippen molar-refractivity contribution in [1.82, 2.24) is 0 Å². The van der Waals surface area contributed by atoms with E-state index in [4.69, 9.17) is 10.5 Å². The van der Waals surface area contributed by atoms with Gasteiger partial charge in [0.15, 0.2) is 0 Å². The SMILES string of the molecule is COc1ccc(NC(=O)C2CCC(CN)CC2)c(C)c1. The summed E-state index contributed by atoms with van der Waals surface area (Å²) in [5, 5.41) is 3.04. The number of nitrogens with one attached hydrogen (secondary N) is 1. The van der Waals surface area contributed by atoms with Gasteiger partial charge in [-0.05, 0) is 68.8 Å². The Balaban J connectivity index is 1.95. The number of nitrogens with two attached hydrogens (primary N) is 1. The van der Waals surface area contributed by atoms with E-state index in [9.17, 15) is 4.79 Å². The number of methoxy groups -OCH3 is 1. The van der Waals surface area contributed by atoms with Crippen LogP contribution in [-0.4, -0.2) is 19.6 Å². The van der Waals surface area contributed by atoms with E-state index in [1.165, 1.54) is 0 Å². The first-order valence-corrected chi connectivity index (χ1v) is 7.29. The molecular formula is C16H24N2O2. The molecule has 1 aliphatic rings. The molecule has 0 atom stereocenters. The predicted octanol–water partition coefficient (Wildman–Crippen LogP) is 2.71. The molecule has 0 bridgehead atoms. The van der Waals surface area contributed by atoms with Crippen LogP contribution in [0, 0.1) is 18.8 Å². The summed E-state index contributed by atoms with van der Waals surface area (Å²) in [6.45, 7) is 2.72. The molecule has 1 saturated carbocycles. The van der Waals surface area contributed by atoms with Crippen molar-refractivity contribution in [1.29, 1.82) is 0 Å². The first kappa shape index (κ1) is 14.9. The third-order valence-corrected chi connectivity index (χ3v) is 4.24. The van der Waals surface area contributed by atoms with Crippen LogP contribution in [0.3, 0.4) is 0 Å². The van der Waals surface area contributed by atoms with Gasteiger partial charge in [0.05, 0.1) is 7.11 Å². The van der Waals surface area contributed by atoms with Gasteiger partial charge in [-0.15, -0.1) is 0 Å². The zero-order valence-corrected chi connectivity index (χ0v) is 12.3. The lowest BCUT2D eigenvalue weighted by atomic mass is 9.81. The zero-order chi connectivity index (χ0) is 14.5. The maximum atomic E-state index is 12.3. The van der Waals surface area contributed by atoms with Gasteiger partial charge in [0.2, 0.25) is 5.91 Å². The van der Waals surface area contributed by atoms with Crippen LogP contribution in [0.4, 0.5) is 5.69 Å². The van der Waals surface area contributed by atoms with Crippen molar-refractivity contribution in [3.63, 3.8) is 0 Å². The average Bonchev–Trinajstić information content (AvgIpc) is 2.49. The number of amides is 1. The molecule has 0 radical (unpaired) electrons. The lowest BCUT2D eigenvalue weighted by molar-refractivity contribution is -0.121. The summed E-state index contributed by atoms with van der Waals surface area (Å²) in [7, 11) is 1.64. The van der Waals surface area contributed by atoms with E-state index < -0.39 is 0 Å². The fourth-order valence-electron chi connectivity index (χ4n) is 2.80. The topological polar surface area (TPSA) is 64.3 Å². The molecule has 0 saturated heterocycles. The quantitative estimate of drug-likeness (QED) is 0.888. The summed E-state index contributed by atoms with van der Waals surface area (Å²) in [5.74, 6) is 1.67. The van der Waals surface area contributed by atoms with Crippen LogP contribution in [0.25, 0.3) is 0 Å². The zero-order valence-electron chi connectivity index (χ0n) is 12.3. The van der Waals surface area contributed by atoms with Crippen molar-refractivity contribution in [2.75, 3.05) is 19.0 Å². The normalized spacial score (nSPS) is 22.4. The summed E-state index contributed by atoms with van der Waals surface area (Å²) >= 11 is 0. The molecule has 0 spiro atoms. The first-order chi connectivity index (χ1) is 9.63. The molecule has 0 unspecified atom stereocenters. The Morgan fingerprint density at radius 2 is 2.05 bits per heavy atom. The van der Waals surface area contributed by atoms with Crippen molar-refractivity contribution in [3.8, 4) is 5.75 Å². The van der Waals surface area contributed by atoms with Crippen LogP contribution in [-0.2, 0) is 4.79 Å². The highest BCUT2D eigenvalue weighted by Gasteiger charge is 2.25. The summed E-state index contributed by atoms with van der Waals surface area (Å²) in [6.07, 6.45) is 4.03. The second kappa shape index (κ2) is 6.75. The number of carbonyl (C=O) groups is 1. The van der Waals surface area contributed by atoms with E-state index in [-0.39, 0.29) is 11.8 Å². The number of ether oxygens (including phenoxy) is 1. The highest BCUT2D eigenvalue weighted by molar-refractivity contribution is 5.93. The monoisotopic (exact) mass is 276 g/mol. The van der Waals surface area contributed by atoms with Crippen LogP contribution in [0.5, 0.6) is 5.75 Å². The van der Waals surface area contributed by atoms with Gasteiger partial charge in [-0.2, -0.15) is 0 Å². The first-order valence-electron chi connectivity index (χ1n) is 7.29. The Kier molecular flexibility index (Phi) is 5.01. The molecule has 4 nitrogen and oxygen atoms in total. The number of anilines is 1. The Bertz CT molecular complexity index is 466. The number of carbonyl (C=O) groups excluding carboxylic acids is 1. The van der Waals surface area contributed by atoms with Crippen LogP contribution < -0.4 is 15.8 Å². The van der Waals surface area contributed by atoms with Crippen LogP contribution >= 0.6 is 0 Å². The Hall–Kier alpha value is -1.55. The molecular weight excluding hydrogens is 252 g/mol.